The molecule has 0 fully saturated rings. The molecule has 0 saturated carbocycles. The SMILES string of the molecule is O=C(c1ccnc(NCc2ccncc2)c1)N(Cc1ccccc1)c1ccccc1. The van der Waals surface area contributed by atoms with Gasteiger partial charge in [-0.3, -0.25) is 9.78 Å². The Morgan fingerprint density at radius 3 is 2.23 bits per heavy atom. The number of nitrogens with zero attached hydrogens (tertiary/aromatic N) is 3. The minimum absolute atomic E-state index is 0.0700. The third-order valence-corrected chi connectivity index (χ3v) is 4.73. The summed E-state index contributed by atoms with van der Waals surface area (Å²) >= 11 is 0. The summed E-state index contributed by atoms with van der Waals surface area (Å²) in [5, 5.41) is 3.27. The van der Waals surface area contributed by atoms with Gasteiger partial charge in [0.1, 0.15) is 5.82 Å². The fourth-order valence-corrected chi connectivity index (χ4v) is 3.16. The van der Waals surface area contributed by atoms with Gasteiger partial charge < -0.3 is 10.2 Å². The molecule has 0 radical (unpaired) electrons. The lowest BCUT2D eigenvalue weighted by molar-refractivity contribution is 0.0985. The largest absolute Gasteiger partial charge is 0.366 e. The van der Waals surface area contributed by atoms with Gasteiger partial charge in [-0.15, -0.1) is 0 Å². The molecule has 2 heterocycles. The van der Waals surface area contributed by atoms with E-state index in [1.165, 1.54) is 0 Å². The molecule has 0 unspecified atom stereocenters. The highest BCUT2D eigenvalue weighted by Crippen LogP contribution is 2.21. The second-order valence-corrected chi connectivity index (χ2v) is 6.85. The highest BCUT2D eigenvalue weighted by atomic mass is 16.2. The number of aromatic nitrogens is 2. The number of rotatable bonds is 7. The Kier molecular flexibility index (Phi) is 6.11. The van der Waals surface area contributed by atoms with Crippen molar-refractivity contribution in [3.63, 3.8) is 0 Å². The molecule has 30 heavy (non-hydrogen) atoms. The number of hydrogen-bond donors (Lipinski definition) is 1. The highest BCUT2D eigenvalue weighted by Gasteiger charge is 2.18. The summed E-state index contributed by atoms with van der Waals surface area (Å²) in [6, 6.07) is 27.1. The Labute approximate surface area is 176 Å². The summed E-state index contributed by atoms with van der Waals surface area (Å²) in [5.74, 6) is 0.588. The predicted octanol–water partition coefficient (Wildman–Crippen LogP) is 4.94. The molecule has 4 aromatic rings. The van der Waals surface area contributed by atoms with Gasteiger partial charge in [0, 0.05) is 36.4 Å². The number of carbonyl (C=O) groups is 1. The van der Waals surface area contributed by atoms with Gasteiger partial charge in [0.2, 0.25) is 0 Å². The first kappa shape index (κ1) is 19.3. The molecule has 148 valence electrons. The van der Waals surface area contributed by atoms with Crippen LogP contribution >= 0.6 is 0 Å². The maximum Gasteiger partial charge on any atom is 0.258 e. The first-order valence-electron chi connectivity index (χ1n) is 9.79. The second kappa shape index (κ2) is 9.47. The van der Waals surface area contributed by atoms with Crippen molar-refractivity contribution in [2.75, 3.05) is 10.2 Å². The van der Waals surface area contributed by atoms with E-state index in [1.807, 2.05) is 72.8 Å². The third-order valence-electron chi connectivity index (χ3n) is 4.73. The minimum Gasteiger partial charge on any atom is -0.366 e. The average molecular weight is 394 g/mol. The lowest BCUT2D eigenvalue weighted by Gasteiger charge is -2.23. The van der Waals surface area contributed by atoms with Crippen LogP contribution in [0, 0.1) is 0 Å². The Hall–Kier alpha value is -3.99. The minimum atomic E-state index is -0.0700. The molecule has 0 saturated heterocycles. The number of amides is 1. The van der Waals surface area contributed by atoms with Gasteiger partial charge in [0.05, 0.1) is 6.54 Å². The first-order chi connectivity index (χ1) is 14.8. The average Bonchev–Trinajstić information content (AvgIpc) is 2.83. The molecule has 0 aliphatic rings. The van der Waals surface area contributed by atoms with Crippen molar-refractivity contribution in [2.45, 2.75) is 13.1 Å². The van der Waals surface area contributed by atoms with E-state index in [0.717, 1.165) is 16.8 Å². The molecule has 5 heteroatoms. The van der Waals surface area contributed by atoms with Crippen LogP contribution in [0.3, 0.4) is 0 Å². The van der Waals surface area contributed by atoms with Crippen molar-refractivity contribution in [1.29, 1.82) is 0 Å². The fourth-order valence-electron chi connectivity index (χ4n) is 3.16. The van der Waals surface area contributed by atoms with Crippen molar-refractivity contribution < 1.29 is 4.79 Å². The van der Waals surface area contributed by atoms with E-state index in [9.17, 15) is 4.79 Å². The fraction of sp³-hybridized carbons (Fsp3) is 0.0800. The topological polar surface area (TPSA) is 58.1 Å². The van der Waals surface area contributed by atoms with Gasteiger partial charge in [0.15, 0.2) is 0 Å². The second-order valence-electron chi connectivity index (χ2n) is 6.85. The summed E-state index contributed by atoms with van der Waals surface area (Å²) in [7, 11) is 0. The smallest absolute Gasteiger partial charge is 0.258 e. The zero-order chi connectivity index (χ0) is 20.6. The van der Waals surface area contributed by atoms with Gasteiger partial charge in [-0.25, -0.2) is 4.98 Å². The van der Waals surface area contributed by atoms with Crippen molar-refractivity contribution >= 4 is 17.4 Å². The molecule has 0 aliphatic heterocycles. The molecule has 1 amide bonds. The summed E-state index contributed by atoms with van der Waals surface area (Å²) in [6.07, 6.45) is 5.17. The quantitative estimate of drug-likeness (QED) is 0.483. The van der Waals surface area contributed by atoms with Gasteiger partial charge in [-0.05, 0) is 47.5 Å². The van der Waals surface area contributed by atoms with Crippen LogP contribution in [0.1, 0.15) is 21.5 Å². The van der Waals surface area contributed by atoms with E-state index >= 15 is 0 Å². The van der Waals surface area contributed by atoms with Crippen molar-refractivity contribution in [2.24, 2.45) is 0 Å². The molecular weight excluding hydrogens is 372 g/mol. The Morgan fingerprint density at radius 2 is 1.50 bits per heavy atom. The van der Waals surface area contributed by atoms with E-state index in [4.69, 9.17) is 0 Å². The standard InChI is InChI=1S/C25H22N4O/c30-25(22-13-16-27-24(17-22)28-18-20-11-14-26-15-12-20)29(23-9-5-2-6-10-23)19-21-7-3-1-4-8-21/h1-17H,18-19H2,(H,27,28). The zero-order valence-electron chi connectivity index (χ0n) is 16.5. The summed E-state index contributed by atoms with van der Waals surface area (Å²) in [4.78, 5) is 23.6. The number of pyridine rings is 2. The number of anilines is 2. The molecule has 2 aromatic heterocycles. The molecule has 0 aliphatic carbocycles. The van der Waals surface area contributed by atoms with Gasteiger partial charge in [-0.2, -0.15) is 0 Å². The van der Waals surface area contributed by atoms with Crippen LogP contribution in [0.5, 0.6) is 0 Å². The molecule has 2 aromatic carbocycles. The number of nitrogens with one attached hydrogen (secondary N) is 1. The Morgan fingerprint density at radius 1 is 0.800 bits per heavy atom. The van der Waals surface area contributed by atoms with Crippen LogP contribution in [-0.4, -0.2) is 15.9 Å². The molecule has 0 spiro atoms. The van der Waals surface area contributed by atoms with Crippen LogP contribution in [0.15, 0.2) is 104 Å². The van der Waals surface area contributed by atoms with E-state index in [2.05, 4.69) is 15.3 Å². The maximum atomic E-state index is 13.4. The lowest BCUT2D eigenvalue weighted by atomic mass is 10.1. The van der Waals surface area contributed by atoms with Crippen molar-refractivity contribution in [3.05, 3.63) is 120 Å². The van der Waals surface area contributed by atoms with Crippen LogP contribution in [0.2, 0.25) is 0 Å². The van der Waals surface area contributed by atoms with Crippen LogP contribution in [-0.2, 0) is 13.1 Å². The number of benzene rings is 2. The van der Waals surface area contributed by atoms with E-state index in [0.29, 0.717) is 24.5 Å². The van der Waals surface area contributed by atoms with Gasteiger partial charge in [-0.1, -0.05) is 48.5 Å². The molecular formula is C25H22N4O. The number of hydrogen-bond acceptors (Lipinski definition) is 4. The first-order valence-corrected chi connectivity index (χ1v) is 9.79. The van der Waals surface area contributed by atoms with Gasteiger partial charge in [0.25, 0.3) is 5.91 Å². The van der Waals surface area contributed by atoms with E-state index < -0.39 is 0 Å². The molecule has 0 bridgehead atoms. The summed E-state index contributed by atoms with van der Waals surface area (Å²) < 4.78 is 0. The van der Waals surface area contributed by atoms with Crippen LogP contribution in [0.4, 0.5) is 11.5 Å². The molecule has 0 atom stereocenters. The maximum absolute atomic E-state index is 13.4. The van der Waals surface area contributed by atoms with Crippen molar-refractivity contribution in [1.82, 2.24) is 9.97 Å². The number of carbonyl (C=O) groups excluding carboxylic acids is 1. The third kappa shape index (κ3) is 4.89. The summed E-state index contributed by atoms with van der Waals surface area (Å²) in [6.45, 7) is 1.10. The predicted molar refractivity (Wildman–Crippen MR) is 119 cm³/mol. The monoisotopic (exact) mass is 394 g/mol. The van der Waals surface area contributed by atoms with E-state index in [-0.39, 0.29) is 5.91 Å². The molecule has 5 nitrogen and oxygen atoms in total. The number of para-hydroxylation sites is 1. The van der Waals surface area contributed by atoms with Crippen LogP contribution in [0.25, 0.3) is 0 Å². The van der Waals surface area contributed by atoms with Crippen molar-refractivity contribution in [3.8, 4) is 0 Å². The normalized spacial score (nSPS) is 10.4. The Balaban J connectivity index is 1.56. The van der Waals surface area contributed by atoms with Crippen LogP contribution < -0.4 is 10.2 Å². The molecule has 1 N–H and O–H groups in total. The Bertz CT molecular complexity index is 1090. The van der Waals surface area contributed by atoms with E-state index in [1.54, 1.807) is 35.6 Å². The van der Waals surface area contributed by atoms with Gasteiger partial charge >= 0.3 is 0 Å². The lowest BCUT2D eigenvalue weighted by Crippen LogP contribution is -2.30. The zero-order valence-corrected chi connectivity index (χ0v) is 16.5. The highest BCUT2D eigenvalue weighted by molar-refractivity contribution is 6.06. The molecule has 4 rings (SSSR count). The summed E-state index contributed by atoms with van der Waals surface area (Å²) in [5.41, 5.74) is 3.61.